The molecule has 2 aromatic rings. The van der Waals surface area contributed by atoms with Crippen molar-refractivity contribution in [1.82, 2.24) is 10.1 Å². The second kappa shape index (κ2) is 4.87. The lowest BCUT2D eigenvalue weighted by Gasteiger charge is -2.01. The molecule has 0 aliphatic heterocycles. The molecule has 0 aliphatic carbocycles. The minimum absolute atomic E-state index is 0.119. The van der Waals surface area contributed by atoms with Gasteiger partial charge in [-0.3, -0.25) is 0 Å². The number of hydrogen-bond acceptors (Lipinski definition) is 4. The molecule has 0 spiro atoms. The van der Waals surface area contributed by atoms with Crippen LogP contribution in [-0.2, 0) is 6.18 Å². The van der Waals surface area contributed by atoms with Gasteiger partial charge < -0.3 is 9.43 Å². The van der Waals surface area contributed by atoms with E-state index in [0.717, 1.165) is 11.1 Å². The topological polar surface area (TPSA) is 51.3 Å². The largest absolute Gasteiger partial charge is 0.471 e. The first-order valence-corrected chi connectivity index (χ1v) is 5.17. The van der Waals surface area contributed by atoms with Gasteiger partial charge in [-0.25, -0.2) is 0 Å². The van der Waals surface area contributed by atoms with E-state index in [1.54, 1.807) is 25.1 Å². The Morgan fingerprint density at radius 2 is 2.11 bits per heavy atom. The van der Waals surface area contributed by atoms with Gasteiger partial charge in [-0.05, 0) is 24.1 Å². The summed E-state index contributed by atoms with van der Waals surface area (Å²) in [5, 5.41) is 3.31. The van der Waals surface area contributed by atoms with Crippen molar-refractivity contribution >= 4 is 14.2 Å². The molecule has 8 heteroatoms. The second-order valence-electron chi connectivity index (χ2n) is 3.77. The molecule has 2 radical (unpaired) electrons. The summed E-state index contributed by atoms with van der Waals surface area (Å²) in [5.41, 5.74) is 1.96. The molecule has 1 aromatic heterocycles. The molecule has 0 saturated carbocycles. The van der Waals surface area contributed by atoms with E-state index in [0.29, 0.717) is 5.56 Å². The zero-order valence-corrected chi connectivity index (χ0v) is 9.77. The van der Waals surface area contributed by atoms with Crippen molar-refractivity contribution in [1.29, 1.82) is 0 Å². The van der Waals surface area contributed by atoms with Crippen LogP contribution in [0, 0.1) is 6.92 Å². The fourth-order valence-electron chi connectivity index (χ4n) is 1.50. The number of hydrogen-bond donors (Lipinski definition) is 0. The molecule has 0 fully saturated rings. The smallest absolute Gasteiger partial charge is 0.363 e. The van der Waals surface area contributed by atoms with E-state index in [4.69, 9.17) is 7.98 Å². The molecule has 2 rings (SSSR count). The predicted octanol–water partition coefficient (Wildman–Crippen LogP) is 2.57. The highest BCUT2D eigenvalue weighted by Crippen LogP contribution is 2.29. The number of halogens is 3. The summed E-state index contributed by atoms with van der Waals surface area (Å²) in [7, 11) is 5.03. The highest BCUT2D eigenvalue weighted by Gasteiger charge is 2.38. The molecule has 0 unspecified atom stereocenters. The molecule has 1 heterocycles. The normalized spacial score (nSPS) is 12.2. The number of rotatable bonds is 2. The monoisotopic (exact) mass is 265 g/mol. The molecule has 1 aromatic carbocycles. The van der Waals surface area contributed by atoms with Crippen LogP contribution in [0.2, 0.25) is 0 Å². The molecule has 0 aliphatic rings. The van der Waals surface area contributed by atoms with Gasteiger partial charge in [0.15, 0.2) is 0 Å². The maximum absolute atomic E-state index is 12.3. The third kappa shape index (κ3) is 2.83. The van der Waals surface area contributed by atoms with E-state index in [-0.39, 0.29) is 5.82 Å². The maximum atomic E-state index is 12.3. The van der Waals surface area contributed by atoms with Crippen molar-refractivity contribution in [3.05, 3.63) is 35.2 Å². The average molecular weight is 265 g/mol. The van der Waals surface area contributed by atoms with Gasteiger partial charge in [0.05, 0.1) is 0 Å². The molecule has 0 N–H and O–H groups in total. The standard InChI is InChI=1S/C11H7BF3N3O/c1-6-4-7(2-3-8(6)5-16-12)9-17-10(19-18-9)11(13,14)15/h2-5H,1H3. The molecule has 0 bridgehead atoms. The van der Waals surface area contributed by atoms with Crippen LogP contribution in [0.5, 0.6) is 0 Å². The third-order valence-electron chi connectivity index (χ3n) is 2.41. The highest BCUT2D eigenvalue weighted by molar-refractivity contribution is 6.11. The highest BCUT2D eigenvalue weighted by atomic mass is 19.4. The Morgan fingerprint density at radius 1 is 1.37 bits per heavy atom. The molecular weight excluding hydrogens is 258 g/mol. The van der Waals surface area contributed by atoms with Crippen molar-refractivity contribution in [3.8, 4) is 11.4 Å². The number of benzene rings is 1. The van der Waals surface area contributed by atoms with E-state index in [1.807, 2.05) is 0 Å². The zero-order valence-electron chi connectivity index (χ0n) is 9.77. The third-order valence-corrected chi connectivity index (χ3v) is 2.41. The van der Waals surface area contributed by atoms with Crippen LogP contribution >= 0.6 is 0 Å². The Hall–Kier alpha value is -2.12. The lowest BCUT2D eigenvalue weighted by Crippen LogP contribution is -2.04. The molecule has 0 saturated heterocycles. The molecule has 19 heavy (non-hydrogen) atoms. The number of nitrogens with zero attached hydrogens (tertiary/aromatic N) is 3. The summed E-state index contributed by atoms with van der Waals surface area (Å²) >= 11 is 0. The van der Waals surface area contributed by atoms with E-state index in [2.05, 4.69) is 19.6 Å². The Kier molecular flexibility index (Phi) is 3.41. The Bertz CT molecular complexity index is 622. The Morgan fingerprint density at radius 3 is 2.63 bits per heavy atom. The van der Waals surface area contributed by atoms with Gasteiger partial charge >= 0.3 is 12.1 Å². The van der Waals surface area contributed by atoms with Crippen molar-refractivity contribution in [2.24, 2.45) is 4.90 Å². The van der Waals surface area contributed by atoms with Crippen molar-refractivity contribution < 1.29 is 17.7 Å². The molecular formula is C11H7BF3N3O. The van der Waals surface area contributed by atoms with E-state index >= 15 is 0 Å². The number of alkyl halides is 3. The van der Waals surface area contributed by atoms with Gasteiger partial charge in [-0.15, -0.1) is 0 Å². The average Bonchev–Trinajstić information content (AvgIpc) is 2.81. The first-order chi connectivity index (χ1) is 8.91. The second-order valence-corrected chi connectivity index (χ2v) is 3.77. The first-order valence-electron chi connectivity index (χ1n) is 5.17. The van der Waals surface area contributed by atoms with Crippen molar-refractivity contribution in [3.63, 3.8) is 0 Å². The fourth-order valence-corrected chi connectivity index (χ4v) is 1.50. The van der Waals surface area contributed by atoms with Crippen LogP contribution < -0.4 is 0 Å². The summed E-state index contributed by atoms with van der Waals surface area (Å²) < 4.78 is 41.2. The van der Waals surface area contributed by atoms with Crippen LogP contribution in [0.1, 0.15) is 17.0 Å². The lowest BCUT2D eigenvalue weighted by atomic mass is 10.1. The van der Waals surface area contributed by atoms with E-state index < -0.39 is 12.1 Å². The number of aryl methyl sites for hydroxylation is 1. The minimum atomic E-state index is -4.65. The summed E-state index contributed by atoms with van der Waals surface area (Å²) in [5.74, 6) is -1.49. The molecule has 0 amide bonds. The summed E-state index contributed by atoms with van der Waals surface area (Å²) in [6, 6.07) is 4.85. The predicted molar refractivity (Wildman–Crippen MR) is 62.8 cm³/mol. The van der Waals surface area contributed by atoms with Gasteiger partial charge in [0, 0.05) is 11.8 Å². The summed E-state index contributed by atoms with van der Waals surface area (Å²) in [6.45, 7) is 1.77. The summed E-state index contributed by atoms with van der Waals surface area (Å²) in [6.07, 6.45) is -3.21. The van der Waals surface area contributed by atoms with Crippen molar-refractivity contribution in [2.75, 3.05) is 0 Å². The molecule has 4 nitrogen and oxygen atoms in total. The number of aromatic nitrogens is 2. The van der Waals surface area contributed by atoms with E-state index in [9.17, 15) is 13.2 Å². The summed E-state index contributed by atoms with van der Waals surface area (Å²) in [4.78, 5) is 6.69. The van der Waals surface area contributed by atoms with Gasteiger partial charge in [-0.2, -0.15) is 18.2 Å². The molecule has 96 valence electrons. The Labute approximate surface area is 107 Å². The Balaban J connectivity index is 2.37. The zero-order chi connectivity index (χ0) is 14.0. The first kappa shape index (κ1) is 13.3. The maximum Gasteiger partial charge on any atom is 0.471 e. The van der Waals surface area contributed by atoms with Crippen LogP contribution in [-0.4, -0.2) is 24.3 Å². The fraction of sp³-hybridized carbons (Fsp3) is 0.182. The van der Waals surface area contributed by atoms with Crippen LogP contribution in [0.4, 0.5) is 13.2 Å². The van der Waals surface area contributed by atoms with Crippen LogP contribution in [0.15, 0.2) is 27.6 Å². The van der Waals surface area contributed by atoms with Gasteiger partial charge in [0.25, 0.3) is 7.98 Å². The van der Waals surface area contributed by atoms with Gasteiger partial charge in [-0.1, -0.05) is 17.3 Å². The van der Waals surface area contributed by atoms with Crippen LogP contribution in [0.3, 0.4) is 0 Å². The van der Waals surface area contributed by atoms with E-state index in [1.165, 1.54) is 6.21 Å². The molecule has 0 atom stereocenters. The van der Waals surface area contributed by atoms with Gasteiger partial charge in [0.2, 0.25) is 5.82 Å². The lowest BCUT2D eigenvalue weighted by molar-refractivity contribution is -0.159. The minimum Gasteiger partial charge on any atom is -0.363 e. The SMILES string of the molecule is [B]N=Cc1ccc(-c2noc(C(F)(F)F)n2)cc1C. The van der Waals surface area contributed by atoms with Gasteiger partial charge in [0.1, 0.15) is 0 Å². The van der Waals surface area contributed by atoms with Crippen molar-refractivity contribution in [2.45, 2.75) is 13.1 Å². The van der Waals surface area contributed by atoms with Crippen LogP contribution in [0.25, 0.3) is 11.4 Å². The quantitative estimate of drug-likeness (QED) is 0.619.